The standard InChI is InChI=1S/C22H23N5/c1-14-5-7-18-17(10-14)22(24-13-23-18)27-9-3-4-16(12-27)21-25-19-8-6-15(2)11-20(19)26-21/h5-8,10-11,13,16H,3-4,9,12H2,1-2H3,(H,25,26). The molecule has 0 amide bonds. The molecule has 1 aliphatic heterocycles. The SMILES string of the molecule is Cc1ccc2nc(C3CCCN(c4ncnc5ccc(C)cc45)C3)[nH]c2c1. The molecule has 4 aromatic rings. The minimum absolute atomic E-state index is 0.390. The van der Waals surface area contributed by atoms with Crippen LogP contribution in [0.4, 0.5) is 5.82 Å². The molecular weight excluding hydrogens is 334 g/mol. The summed E-state index contributed by atoms with van der Waals surface area (Å²) in [5.74, 6) is 2.52. The summed E-state index contributed by atoms with van der Waals surface area (Å²) in [7, 11) is 0. The van der Waals surface area contributed by atoms with Crippen LogP contribution in [0, 0.1) is 13.8 Å². The van der Waals surface area contributed by atoms with Crippen molar-refractivity contribution >= 4 is 27.8 Å². The van der Waals surface area contributed by atoms with Gasteiger partial charge in [0, 0.05) is 24.4 Å². The molecule has 2 aromatic carbocycles. The van der Waals surface area contributed by atoms with E-state index in [1.165, 1.54) is 11.1 Å². The first-order chi connectivity index (χ1) is 13.2. The zero-order valence-corrected chi connectivity index (χ0v) is 15.7. The van der Waals surface area contributed by atoms with Crippen LogP contribution in [0.1, 0.15) is 35.7 Å². The first kappa shape index (κ1) is 16.2. The van der Waals surface area contributed by atoms with Crippen LogP contribution in [0.3, 0.4) is 0 Å². The lowest BCUT2D eigenvalue weighted by Gasteiger charge is -2.33. The van der Waals surface area contributed by atoms with Gasteiger partial charge in [0.2, 0.25) is 0 Å². The number of nitrogens with one attached hydrogen (secondary N) is 1. The summed E-state index contributed by atoms with van der Waals surface area (Å²) in [5.41, 5.74) is 5.68. The maximum Gasteiger partial charge on any atom is 0.139 e. The van der Waals surface area contributed by atoms with Gasteiger partial charge < -0.3 is 9.88 Å². The van der Waals surface area contributed by atoms with Gasteiger partial charge in [-0.15, -0.1) is 0 Å². The van der Waals surface area contributed by atoms with Crippen molar-refractivity contribution in [1.29, 1.82) is 0 Å². The Labute approximate surface area is 158 Å². The van der Waals surface area contributed by atoms with Crippen molar-refractivity contribution in [3.63, 3.8) is 0 Å². The lowest BCUT2D eigenvalue weighted by molar-refractivity contribution is 0.493. The molecule has 0 spiro atoms. The topological polar surface area (TPSA) is 57.7 Å². The number of aromatic nitrogens is 4. The van der Waals surface area contributed by atoms with Crippen LogP contribution in [0.5, 0.6) is 0 Å². The lowest BCUT2D eigenvalue weighted by Crippen LogP contribution is -2.35. The highest BCUT2D eigenvalue weighted by molar-refractivity contribution is 5.89. The molecule has 3 heterocycles. The highest BCUT2D eigenvalue weighted by Gasteiger charge is 2.25. The summed E-state index contributed by atoms with van der Waals surface area (Å²) in [5, 5.41) is 1.14. The Morgan fingerprint density at radius 1 is 1.00 bits per heavy atom. The highest BCUT2D eigenvalue weighted by Crippen LogP contribution is 2.32. The second-order valence-corrected chi connectivity index (χ2v) is 7.65. The summed E-state index contributed by atoms with van der Waals surface area (Å²) >= 11 is 0. The van der Waals surface area contributed by atoms with Gasteiger partial charge in [0.15, 0.2) is 0 Å². The van der Waals surface area contributed by atoms with E-state index in [0.29, 0.717) is 5.92 Å². The molecule has 5 rings (SSSR count). The summed E-state index contributed by atoms with van der Waals surface area (Å²) in [6.45, 7) is 6.19. The van der Waals surface area contributed by atoms with Crippen molar-refractivity contribution in [1.82, 2.24) is 19.9 Å². The third-order valence-corrected chi connectivity index (χ3v) is 5.53. The van der Waals surface area contributed by atoms with Gasteiger partial charge in [-0.3, -0.25) is 0 Å². The van der Waals surface area contributed by atoms with Gasteiger partial charge in [-0.25, -0.2) is 15.0 Å². The number of rotatable bonds is 2. The van der Waals surface area contributed by atoms with E-state index in [9.17, 15) is 0 Å². The molecular formula is C22H23N5. The smallest absolute Gasteiger partial charge is 0.139 e. The number of imidazole rings is 1. The summed E-state index contributed by atoms with van der Waals surface area (Å²) < 4.78 is 0. The number of nitrogens with zero attached hydrogens (tertiary/aromatic N) is 4. The Balaban J connectivity index is 1.49. The second kappa shape index (κ2) is 6.34. The maximum absolute atomic E-state index is 4.87. The Hall–Kier alpha value is -2.95. The van der Waals surface area contributed by atoms with Crippen molar-refractivity contribution in [2.24, 2.45) is 0 Å². The van der Waals surface area contributed by atoms with Crippen molar-refractivity contribution in [2.75, 3.05) is 18.0 Å². The van der Waals surface area contributed by atoms with Crippen LogP contribution in [0.25, 0.3) is 21.9 Å². The Morgan fingerprint density at radius 3 is 2.70 bits per heavy atom. The molecule has 1 aliphatic rings. The van der Waals surface area contributed by atoms with Gasteiger partial charge in [0.25, 0.3) is 0 Å². The average molecular weight is 357 g/mol. The van der Waals surface area contributed by atoms with E-state index in [1.54, 1.807) is 6.33 Å². The molecule has 1 unspecified atom stereocenters. The number of anilines is 1. The molecule has 27 heavy (non-hydrogen) atoms. The van der Waals surface area contributed by atoms with Gasteiger partial charge in [-0.1, -0.05) is 17.7 Å². The van der Waals surface area contributed by atoms with Crippen LogP contribution in [-0.2, 0) is 0 Å². The van der Waals surface area contributed by atoms with Gasteiger partial charge in [0.1, 0.15) is 18.0 Å². The van der Waals surface area contributed by atoms with Crippen LogP contribution >= 0.6 is 0 Å². The highest BCUT2D eigenvalue weighted by atomic mass is 15.2. The molecule has 136 valence electrons. The third kappa shape index (κ3) is 2.93. The summed E-state index contributed by atoms with van der Waals surface area (Å²) in [6.07, 6.45) is 3.97. The molecule has 1 atom stereocenters. The minimum Gasteiger partial charge on any atom is -0.355 e. The number of fused-ring (bicyclic) bond motifs is 2. The predicted octanol–water partition coefficient (Wildman–Crippen LogP) is 4.51. The second-order valence-electron chi connectivity index (χ2n) is 7.65. The maximum atomic E-state index is 4.87. The molecule has 1 fully saturated rings. The molecule has 5 heteroatoms. The molecule has 2 aromatic heterocycles. The Kier molecular flexibility index (Phi) is 3.81. The summed E-state index contributed by atoms with van der Waals surface area (Å²) in [6, 6.07) is 12.8. The molecule has 0 saturated carbocycles. The fraction of sp³-hybridized carbons (Fsp3) is 0.318. The molecule has 1 saturated heterocycles. The van der Waals surface area contributed by atoms with E-state index < -0.39 is 0 Å². The van der Waals surface area contributed by atoms with Crippen molar-refractivity contribution < 1.29 is 0 Å². The van der Waals surface area contributed by atoms with E-state index in [4.69, 9.17) is 4.98 Å². The Bertz CT molecular complexity index is 1130. The molecule has 0 radical (unpaired) electrons. The van der Waals surface area contributed by atoms with Crippen molar-refractivity contribution in [3.8, 4) is 0 Å². The number of H-pyrrole nitrogens is 1. The van der Waals surface area contributed by atoms with Gasteiger partial charge in [-0.2, -0.15) is 0 Å². The summed E-state index contributed by atoms with van der Waals surface area (Å²) in [4.78, 5) is 19.9. The third-order valence-electron chi connectivity index (χ3n) is 5.53. The van der Waals surface area contributed by atoms with E-state index in [-0.39, 0.29) is 0 Å². The zero-order chi connectivity index (χ0) is 18.4. The Morgan fingerprint density at radius 2 is 1.81 bits per heavy atom. The molecule has 5 nitrogen and oxygen atoms in total. The molecule has 0 bridgehead atoms. The number of piperidine rings is 1. The average Bonchev–Trinajstić information content (AvgIpc) is 3.11. The number of aryl methyl sites for hydroxylation is 2. The van der Waals surface area contributed by atoms with Crippen LogP contribution in [0.2, 0.25) is 0 Å². The lowest BCUT2D eigenvalue weighted by atomic mass is 9.97. The predicted molar refractivity (Wildman–Crippen MR) is 109 cm³/mol. The number of hydrogen-bond donors (Lipinski definition) is 1. The van der Waals surface area contributed by atoms with Crippen LogP contribution in [0.15, 0.2) is 42.7 Å². The van der Waals surface area contributed by atoms with E-state index in [2.05, 4.69) is 70.1 Å². The number of hydrogen-bond acceptors (Lipinski definition) is 4. The molecule has 0 aliphatic carbocycles. The van der Waals surface area contributed by atoms with Crippen LogP contribution < -0.4 is 4.90 Å². The quantitative estimate of drug-likeness (QED) is 0.573. The first-order valence-corrected chi connectivity index (χ1v) is 9.60. The monoisotopic (exact) mass is 357 g/mol. The fourth-order valence-corrected chi connectivity index (χ4v) is 4.14. The van der Waals surface area contributed by atoms with E-state index in [1.807, 2.05) is 0 Å². The van der Waals surface area contributed by atoms with Crippen LogP contribution in [-0.4, -0.2) is 33.0 Å². The van der Waals surface area contributed by atoms with Crippen molar-refractivity contribution in [3.05, 3.63) is 59.7 Å². The zero-order valence-electron chi connectivity index (χ0n) is 15.7. The normalized spacial score (nSPS) is 17.7. The molecule has 1 N–H and O–H groups in total. The van der Waals surface area contributed by atoms with Gasteiger partial charge >= 0.3 is 0 Å². The van der Waals surface area contributed by atoms with E-state index >= 15 is 0 Å². The van der Waals surface area contributed by atoms with E-state index in [0.717, 1.165) is 59.5 Å². The minimum atomic E-state index is 0.390. The number of benzene rings is 2. The largest absolute Gasteiger partial charge is 0.355 e. The number of aromatic amines is 1. The first-order valence-electron chi connectivity index (χ1n) is 9.60. The van der Waals surface area contributed by atoms with Gasteiger partial charge in [0.05, 0.1) is 16.6 Å². The fourth-order valence-electron chi connectivity index (χ4n) is 4.14. The van der Waals surface area contributed by atoms with Crippen molar-refractivity contribution in [2.45, 2.75) is 32.6 Å². The van der Waals surface area contributed by atoms with Gasteiger partial charge in [-0.05, 0) is 56.5 Å².